The molecule has 0 unspecified atom stereocenters. The van der Waals surface area contributed by atoms with E-state index in [0.29, 0.717) is 11.4 Å². The Labute approximate surface area is 120 Å². The van der Waals surface area contributed by atoms with Crippen molar-refractivity contribution in [3.8, 4) is 0 Å². The first-order chi connectivity index (χ1) is 9.67. The van der Waals surface area contributed by atoms with Crippen LogP contribution in [-0.2, 0) is 10.0 Å². The molecular formula is C16H19NO2S. The van der Waals surface area contributed by atoms with Gasteiger partial charge in [0.1, 0.15) is 0 Å². The Hall–Kier alpha value is -1.39. The molecule has 1 aliphatic rings. The summed E-state index contributed by atoms with van der Waals surface area (Å²) in [6.07, 6.45) is 4.69. The molecule has 0 amide bonds. The Morgan fingerprint density at radius 1 is 1.05 bits per heavy atom. The van der Waals surface area contributed by atoms with E-state index in [4.69, 9.17) is 0 Å². The van der Waals surface area contributed by atoms with E-state index >= 15 is 0 Å². The first-order valence-electron chi connectivity index (χ1n) is 7.14. The molecule has 0 aromatic heterocycles. The summed E-state index contributed by atoms with van der Waals surface area (Å²) in [6.45, 7) is 0.530. The van der Waals surface area contributed by atoms with Crippen molar-refractivity contribution in [2.24, 2.45) is 5.92 Å². The fraction of sp³-hybridized carbons (Fsp3) is 0.375. The van der Waals surface area contributed by atoms with Gasteiger partial charge >= 0.3 is 0 Å². The fourth-order valence-corrected chi connectivity index (χ4v) is 3.81. The Morgan fingerprint density at radius 2 is 1.80 bits per heavy atom. The molecule has 0 saturated heterocycles. The molecule has 1 aliphatic carbocycles. The number of fused-ring (bicyclic) bond motifs is 1. The van der Waals surface area contributed by atoms with Crippen molar-refractivity contribution >= 4 is 20.8 Å². The molecule has 1 fully saturated rings. The Bertz CT molecular complexity index is 700. The summed E-state index contributed by atoms with van der Waals surface area (Å²) in [7, 11) is -3.41. The lowest BCUT2D eigenvalue weighted by molar-refractivity contribution is 0.573. The summed E-state index contributed by atoms with van der Waals surface area (Å²) >= 11 is 0. The number of hydrogen-bond donors (Lipinski definition) is 1. The van der Waals surface area contributed by atoms with E-state index < -0.39 is 10.0 Å². The van der Waals surface area contributed by atoms with E-state index in [-0.39, 0.29) is 0 Å². The topological polar surface area (TPSA) is 46.2 Å². The predicted molar refractivity (Wildman–Crippen MR) is 81.1 cm³/mol. The maximum Gasteiger partial charge on any atom is 0.241 e. The third kappa shape index (κ3) is 3.02. The average molecular weight is 289 g/mol. The number of sulfonamides is 1. The standard InChI is InChI=1S/C16H19NO2S/c18-20(19,17-12-4-5-13-10-11-13)16-9-3-7-14-6-1-2-8-15(14)16/h1-3,6-9,13,17H,4-5,10-12H2. The van der Waals surface area contributed by atoms with Crippen LogP contribution in [0.4, 0.5) is 0 Å². The van der Waals surface area contributed by atoms with Gasteiger partial charge in [-0.05, 0) is 30.2 Å². The zero-order valence-electron chi connectivity index (χ0n) is 11.4. The quantitative estimate of drug-likeness (QED) is 0.829. The second-order valence-electron chi connectivity index (χ2n) is 5.46. The zero-order chi connectivity index (χ0) is 14.0. The highest BCUT2D eigenvalue weighted by Gasteiger charge is 2.21. The number of nitrogens with one attached hydrogen (secondary N) is 1. The molecule has 3 rings (SSSR count). The second-order valence-corrected chi connectivity index (χ2v) is 7.20. The molecule has 2 aromatic carbocycles. The first-order valence-corrected chi connectivity index (χ1v) is 8.62. The van der Waals surface area contributed by atoms with Gasteiger partial charge in [0.2, 0.25) is 10.0 Å². The van der Waals surface area contributed by atoms with Crippen molar-refractivity contribution in [1.82, 2.24) is 4.72 Å². The fourth-order valence-electron chi connectivity index (χ4n) is 2.51. The minimum atomic E-state index is -3.41. The van der Waals surface area contributed by atoms with Gasteiger partial charge in [-0.1, -0.05) is 49.2 Å². The van der Waals surface area contributed by atoms with Gasteiger partial charge in [-0.3, -0.25) is 0 Å². The summed E-state index contributed by atoms with van der Waals surface area (Å²) in [5.41, 5.74) is 0. The zero-order valence-corrected chi connectivity index (χ0v) is 12.2. The summed E-state index contributed by atoms with van der Waals surface area (Å²) in [5, 5.41) is 1.73. The van der Waals surface area contributed by atoms with E-state index in [1.807, 2.05) is 30.3 Å². The summed E-state index contributed by atoms with van der Waals surface area (Å²) in [4.78, 5) is 0.377. The SMILES string of the molecule is O=S(=O)(NCCCC1CC1)c1cccc2ccccc12. The van der Waals surface area contributed by atoms with Gasteiger partial charge in [0, 0.05) is 11.9 Å². The molecule has 0 heterocycles. The number of benzene rings is 2. The maximum absolute atomic E-state index is 12.4. The summed E-state index contributed by atoms with van der Waals surface area (Å²) in [6, 6.07) is 13.0. The van der Waals surface area contributed by atoms with Gasteiger partial charge in [-0.2, -0.15) is 0 Å². The van der Waals surface area contributed by atoms with Gasteiger partial charge < -0.3 is 0 Å². The third-order valence-electron chi connectivity index (χ3n) is 3.82. The van der Waals surface area contributed by atoms with Crippen molar-refractivity contribution in [3.05, 3.63) is 42.5 Å². The average Bonchev–Trinajstić information content (AvgIpc) is 3.27. The Balaban J connectivity index is 1.77. The van der Waals surface area contributed by atoms with Gasteiger partial charge in [0.05, 0.1) is 4.90 Å². The molecule has 1 saturated carbocycles. The normalized spacial score (nSPS) is 15.6. The van der Waals surface area contributed by atoms with Crippen LogP contribution < -0.4 is 4.72 Å². The molecule has 2 aromatic rings. The lowest BCUT2D eigenvalue weighted by Crippen LogP contribution is -2.25. The maximum atomic E-state index is 12.4. The van der Waals surface area contributed by atoms with Crippen molar-refractivity contribution in [2.75, 3.05) is 6.54 Å². The Morgan fingerprint density at radius 3 is 2.60 bits per heavy atom. The Kier molecular flexibility index (Phi) is 3.76. The van der Waals surface area contributed by atoms with E-state index in [1.54, 1.807) is 12.1 Å². The van der Waals surface area contributed by atoms with Gasteiger partial charge in [-0.15, -0.1) is 0 Å². The first kappa shape index (κ1) is 13.6. The van der Waals surface area contributed by atoms with Crippen LogP contribution >= 0.6 is 0 Å². The van der Waals surface area contributed by atoms with Crippen LogP contribution in [0.5, 0.6) is 0 Å². The van der Waals surface area contributed by atoms with E-state index in [0.717, 1.165) is 29.5 Å². The molecule has 4 heteroatoms. The lowest BCUT2D eigenvalue weighted by Gasteiger charge is -2.09. The van der Waals surface area contributed by atoms with Crippen LogP contribution in [0.3, 0.4) is 0 Å². The molecule has 0 aliphatic heterocycles. The lowest BCUT2D eigenvalue weighted by atomic mass is 10.1. The molecule has 0 radical (unpaired) electrons. The minimum absolute atomic E-state index is 0.377. The third-order valence-corrected chi connectivity index (χ3v) is 5.34. The van der Waals surface area contributed by atoms with Gasteiger partial charge in [-0.25, -0.2) is 13.1 Å². The van der Waals surface area contributed by atoms with Crippen molar-refractivity contribution in [1.29, 1.82) is 0 Å². The minimum Gasteiger partial charge on any atom is -0.211 e. The molecule has 0 bridgehead atoms. The number of hydrogen-bond acceptors (Lipinski definition) is 2. The van der Waals surface area contributed by atoms with E-state index in [1.165, 1.54) is 12.8 Å². The highest BCUT2D eigenvalue weighted by atomic mass is 32.2. The monoisotopic (exact) mass is 289 g/mol. The van der Waals surface area contributed by atoms with Crippen molar-refractivity contribution in [2.45, 2.75) is 30.6 Å². The summed E-state index contributed by atoms with van der Waals surface area (Å²) < 4.78 is 27.5. The van der Waals surface area contributed by atoms with Crippen LogP contribution in [0.2, 0.25) is 0 Å². The molecular weight excluding hydrogens is 270 g/mol. The van der Waals surface area contributed by atoms with Gasteiger partial charge in [0.15, 0.2) is 0 Å². The predicted octanol–water partition coefficient (Wildman–Crippen LogP) is 3.31. The molecule has 0 atom stereocenters. The second kappa shape index (κ2) is 5.54. The molecule has 1 N–H and O–H groups in total. The van der Waals surface area contributed by atoms with Crippen molar-refractivity contribution in [3.63, 3.8) is 0 Å². The summed E-state index contributed by atoms with van der Waals surface area (Å²) in [5.74, 6) is 0.844. The van der Waals surface area contributed by atoms with Crippen molar-refractivity contribution < 1.29 is 8.42 Å². The van der Waals surface area contributed by atoms with Crippen LogP contribution in [-0.4, -0.2) is 15.0 Å². The van der Waals surface area contributed by atoms with Crippen LogP contribution in [0.15, 0.2) is 47.4 Å². The number of rotatable bonds is 6. The largest absolute Gasteiger partial charge is 0.241 e. The molecule has 0 spiro atoms. The molecule has 20 heavy (non-hydrogen) atoms. The van der Waals surface area contributed by atoms with E-state index in [9.17, 15) is 8.42 Å². The van der Waals surface area contributed by atoms with Crippen LogP contribution in [0, 0.1) is 5.92 Å². The van der Waals surface area contributed by atoms with Crippen LogP contribution in [0.25, 0.3) is 10.8 Å². The van der Waals surface area contributed by atoms with Gasteiger partial charge in [0.25, 0.3) is 0 Å². The van der Waals surface area contributed by atoms with Crippen LogP contribution in [0.1, 0.15) is 25.7 Å². The molecule has 3 nitrogen and oxygen atoms in total. The van der Waals surface area contributed by atoms with E-state index in [2.05, 4.69) is 4.72 Å². The highest BCUT2D eigenvalue weighted by Crippen LogP contribution is 2.33. The molecule has 106 valence electrons. The smallest absolute Gasteiger partial charge is 0.211 e. The highest BCUT2D eigenvalue weighted by molar-refractivity contribution is 7.89.